The van der Waals surface area contributed by atoms with Crippen LogP contribution in [0.25, 0.3) is 0 Å². The molecule has 0 bridgehead atoms. The van der Waals surface area contributed by atoms with Crippen molar-refractivity contribution in [1.29, 1.82) is 0 Å². The average Bonchev–Trinajstić information content (AvgIpc) is 2.78. The maximum Gasteiger partial charge on any atom is 0.219 e. The zero-order valence-electron chi connectivity index (χ0n) is 18.5. The van der Waals surface area contributed by atoms with Crippen LogP contribution in [0.3, 0.4) is 0 Å². The van der Waals surface area contributed by atoms with E-state index in [0.29, 0.717) is 24.8 Å². The fourth-order valence-corrected chi connectivity index (χ4v) is 3.32. The lowest BCUT2D eigenvalue weighted by Gasteiger charge is -2.36. The highest BCUT2D eigenvalue weighted by Crippen LogP contribution is 2.23. The van der Waals surface area contributed by atoms with E-state index < -0.39 is 0 Å². The Bertz CT molecular complexity index is 877. The summed E-state index contributed by atoms with van der Waals surface area (Å²) in [6.07, 6.45) is 1.73. The number of ether oxygens (including phenoxy) is 2. The molecule has 1 N–H and O–H groups in total. The largest absolute Gasteiger partial charge is 0.494 e. The normalized spacial score (nSPS) is 14.4. The average molecular weight is 426 g/mol. The van der Waals surface area contributed by atoms with Crippen molar-refractivity contribution in [3.05, 3.63) is 48.2 Å². The molecular weight excluding hydrogens is 394 g/mol. The molecule has 0 spiro atoms. The van der Waals surface area contributed by atoms with Crippen LogP contribution in [0.2, 0.25) is 0 Å². The molecule has 3 rings (SSSR count). The molecule has 1 aliphatic rings. The van der Waals surface area contributed by atoms with E-state index in [1.165, 1.54) is 0 Å². The Balaban J connectivity index is 1.62. The monoisotopic (exact) mass is 425 g/mol. The fraction of sp³-hybridized carbons (Fsp3) is 0.435. The van der Waals surface area contributed by atoms with Crippen LogP contribution in [0.1, 0.15) is 26.3 Å². The number of aliphatic imine (C=N–C) groups is 1. The van der Waals surface area contributed by atoms with Crippen LogP contribution in [-0.2, 0) is 11.3 Å². The quantitative estimate of drug-likeness (QED) is 0.543. The van der Waals surface area contributed by atoms with Crippen LogP contribution in [0.5, 0.6) is 17.4 Å². The van der Waals surface area contributed by atoms with Gasteiger partial charge >= 0.3 is 0 Å². The number of rotatable bonds is 7. The number of hydrogen-bond acceptors (Lipinski definition) is 5. The third kappa shape index (κ3) is 6.60. The summed E-state index contributed by atoms with van der Waals surface area (Å²) in [7, 11) is 0. The SMILES string of the molecule is CCNC(=NCc1ccnc(Oc2ccc(OCC)cc2)c1)N1CCN(C(C)=O)CC1. The van der Waals surface area contributed by atoms with Gasteiger partial charge in [-0.25, -0.2) is 9.98 Å². The lowest BCUT2D eigenvalue weighted by molar-refractivity contribution is -0.130. The van der Waals surface area contributed by atoms with Gasteiger partial charge in [-0.05, 0) is 49.7 Å². The Morgan fingerprint density at radius 2 is 1.74 bits per heavy atom. The second-order valence-corrected chi connectivity index (χ2v) is 7.17. The van der Waals surface area contributed by atoms with Gasteiger partial charge in [0.25, 0.3) is 0 Å². The number of piperazine rings is 1. The van der Waals surface area contributed by atoms with Crippen molar-refractivity contribution in [1.82, 2.24) is 20.1 Å². The molecule has 0 radical (unpaired) electrons. The van der Waals surface area contributed by atoms with Crippen LogP contribution < -0.4 is 14.8 Å². The first-order valence-electron chi connectivity index (χ1n) is 10.7. The molecule has 8 heteroatoms. The summed E-state index contributed by atoms with van der Waals surface area (Å²) in [6, 6.07) is 11.3. The summed E-state index contributed by atoms with van der Waals surface area (Å²) in [5.41, 5.74) is 1.01. The van der Waals surface area contributed by atoms with Crippen LogP contribution in [-0.4, -0.2) is 66.0 Å². The molecule has 1 aromatic carbocycles. The lowest BCUT2D eigenvalue weighted by atomic mass is 10.2. The van der Waals surface area contributed by atoms with Crippen molar-refractivity contribution in [3.63, 3.8) is 0 Å². The van der Waals surface area contributed by atoms with Crippen LogP contribution in [0, 0.1) is 0 Å². The van der Waals surface area contributed by atoms with E-state index in [1.54, 1.807) is 13.1 Å². The van der Waals surface area contributed by atoms with Crippen molar-refractivity contribution in [3.8, 4) is 17.4 Å². The van der Waals surface area contributed by atoms with Gasteiger partial charge < -0.3 is 24.6 Å². The number of carbonyl (C=O) groups excluding carboxylic acids is 1. The summed E-state index contributed by atoms with van der Waals surface area (Å²) in [5, 5.41) is 3.35. The first-order chi connectivity index (χ1) is 15.1. The first-order valence-corrected chi connectivity index (χ1v) is 10.7. The fourth-order valence-electron chi connectivity index (χ4n) is 3.32. The Morgan fingerprint density at radius 3 is 2.39 bits per heavy atom. The molecule has 1 amide bonds. The Labute approximate surface area is 183 Å². The number of pyridine rings is 1. The zero-order valence-corrected chi connectivity index (χ0v) is 18.5. The molecule has 0 saturated carbocycles. The van der Waals surface area contributed by atoms with Gasteiger partial charge in [0.05, 0.1) is 13.2 Å². The summed E-state index contributed by atoms with van der Waals surface area (Å²) < 4.78 is 11.3. The van der Waals surface area contributed by atoms with Gasteiger partial charge in [-0.2, -0.15) is 0 Å². The molecule has 0 aliphatic carbocycles. The Kier molecular flexibility index (Phi) is 8.09. The van der Waals surface area contributed by atoms with Gasteiger partial charge in [0.15, 0.2) is 5.96 Å². The van der Waals surface area contributed by atoms with E-state index in [1.807, 2.05) is 48.2 Å². The van der Waals surface area contributed by atoms with Crippen LogP contribution in [0.4, 0.5) is 0 Å². The minimum absolute atomic E-state index is 0.124. The van der Waals surface area contributed by atoms with Gasteiger partial charge in [-0.15, -0.1) is 0 Å². The predicted molar refractivity (Wildman–Crippen MR) is 121 cm³/mol. The molecule has 0 unspecified atom stereocenters. The molecule has 2 heterocycles. The van der Waals surface area contributed by atoms with Crippen molar-refractivity contribution in [2.45, 2.75) is 27.3 Å². The Morgan fingerprint density at radius 1 is 1.06 bits per heavy atom. The number of nitrogens with zero attached hydrogens (tertiary/aromatic N) is 4. The van der Waals surface area contributed by atoms with E-state index >= 15 is 0 Å². The highest BCUT2D eigenvalue weighted by molar-refractivity contribution is 5.80. The summed E-state index contributed by atoms with van der Waals surface area (Å²) in [4.78, 5) is 24.7. The first kappa shape index (κ1) is 22.4. The number of carbonyl (C=O) groups is 1. The minimum atomic E-state index is 0.124. The number of hydrogen-bond donors (Lipinski definition) is 1. The maximum absolute atomic E-state index is 11.6. The number of amides is 1. The molecular formula is C23H31N5O3. The molecule has 1 aromatic heterocycles. The second-order valence-electron chi connectivity index (χ2n) is 7.17. The molecule has 1 fully saturated rings. The van der Waals surface area contributed by atoms with Gasteiger partial charge in [-0.1, -0.05) is 0 Å². The van der Waals surface area contributed by atoms with Gasteiger partial charge in [0.2, 0.25) is 11.8 Å². The van der Waals surface area contributed by atoms with Gasteiger partial charge in [0.1, 0.15) is 11.5 Å². The minimum Gasteiger partial charge on any atom is -0.494 e. The lowest BCUT2D eigenvalue weighted by Crippen LogP contribution is -2.53. The summed E-state index contributed by atoms with van der Waals surface area (Å²) in [6.45, 7) is 10.5. The molecule has 166 valence electrons. The van der Waals surface area contributed by atoms with E-state index in [9.17, 15) is 4.79 Å². The van der Waals surface area contributed by atoms with Crippen molar-refractivity contribution < 1.29 is 14.3 Å². The smallest absolute Gasteiger partial charge is 0.219 e. The third-order valence-corrected chi connectivity index (χ3v) is 4.93. The standard InChI is InChI=1S/C23H31N5O3/c1-4-24-23(28-14-12-27(13-15-28)18(3)29)26-17-19-10-11-25-22(16-19)31-21-8-6-20(7-9-21)30-5-2/h6-11,16H,4-5,12-15,17H2,1-3H3,(H,24,26). The van der Waals surface area contributed by atoms with Crippen molar-refractivity contribution >= 4 is 11.9 Å². The van der Waals surface area contributed by atoms with E-state index in [4.69, 9.17) is 14.5 Å². The number of benzene rings is 1. The number of guanidine groups is 1. The topological polar surface area (TPSA) is 79.3 Å². The third-order valence-electron chi connectivity index (χ3n) is 4.93. The van der Waals surface area contributed by atoms with Crippen LogP contribution in [0.15, 0.2) is 47.6 Å². The Hall–Kier alpha value is -3.29. The highest BCUT2D eigenvalue weighted by atomic mass is 16.5. The zero-order chi connectivity index (χ0) is 22.1. The molecule has 1 saturated heterocycles. The van der Waals surface area contributed by atoms with Crippen molar-refractivity contribution in [2.75, 3.05) is 39.3 Å². The van der Waals surface area contributed by atoms with Gasteiger partial charge in [-0.3, -0.25) is 4.79 Å². The number of nitrogens with one attached hydrogen (secondary N) is 1. The highest BCUT2D eigenvalue weighted by Gasteiger charge is 2.20. The molecule has 0 atom stereocenters. The number of aromatic nitrogens is 1. The predicted octanol–water partition coefficient (Wildman–Crippen LogP) is 2.90. The van der Waals surface area contributed by atoms with E-state index in [2.05, 4.69) is 22.1 Å². The van der Waals surface area contributed by atoms with Gasteiger partial charge in [0, 0.05) is 51.9 Å². The second kappa shape index (κ2) is 11.2. The summed E-state index contributed by atoms with van der Waals surface area (Å²) >= 11 is 0. The maximum atomic E-state index is 11.6. The molecule has 8 nitrogen and oxygen atoms in total. The van der Waals surface area contributed by atoms with Crippen LogP contribution >= 0.6 is 0 Å². The van der Waals surface area contributed by atoms with Crippen molar-refractivity contribution in [2.24, 2.45) is 4.99 Å². The molecule has 1 aliphatic heterocycles. The summed E-state index contributed by atoms with van der Waals surface area (Å²) in [5.74, 6) is 3.02. The molecule has 31 heavy (non-hydrogen) atoms. The van der Waals surface area contributed by atoms with E-state index in [-0.39, 0.29) is 5.91 Å². The molecule has 2 aromatic rings. The van der Waals surface area contributed by atoms with E-state index in [0.717, 1.165) is 50.0 Å².